The van der Waals surface area contributed by atoms with Crippen LogP contribution in [0.4, 0.5) is 0 Å². The number of amides is 2. The summed E-state index contributed by atoms with van der Waals surface area (Å²) in [7, 11) is 0. The maximum absolute atomic E-state index is 13.4. The number of aliphatic hydroxyl groups is 11. The molecule has 0 radical (unpaired) electrons. The summed E-state index contributed by atoms with van der Waals surface area (Å²) in [6, 6.07) is -2.65. The number of carboxylic acids is 1. The standard InChI is InChI=1S/C64H114N2O21/c1-4-6-8-10-12-14-16-18-19-20-21-22-23-24-26-27-29-31-33-35-37-46(71)45(66-51(74)38-36-34-32-30-28-25-17-15-13-11-9-7-5-2)43-82-61-56(78)55(77)58(50(42-69)84-61)85-62-57(79)60(54(76)49(41-68)83-62)87-64(63(80)81)39-47(72)52(65-44(3)70)59(86-64)53(75)48(73)40-67/h25,28,32,34-35,37,45-50,52-62,67-69,71-73,75-79H,4-24,26-27,29-31,33,36,38-43H2,1-3H3,(H,65,70)(H,66,74)(H,80,81)/b28-25-,34-32-,37-35+. The number of hydrogen-bond donors (Lipinski definition) is 14. The van der Waals surface area contributed by atoms with Crippen molar-refractivity contribution in [1.29, 1.82) is 0 Å². The Bertz CT molecular complexity index is 1920. The van der Waals surface area contributed by atoms with E-state index in [9.17, 15) is 75.7 Å². The minimum atomic E-state index is -3.09. The fraction of sp³-hybridized carbons (Fsp3) is 0.859. The third-order valence-corrected chi connectivity index (χ3v) is 16.6. The normalized spacial score (nSPS) is 29.4. The van der Waals surface area contributed by atoms with E-state index >= 15 is 0 Å². The summed E-state index contributed by atoms with van der Waals surface area (Å²) in [5.74, 6) is -6.22. The van der Waals surface area contributed by atoms with E-state index in [0.29, 0.717) is 12.8 Å². The molecule has 23 heteroatoms. The van der Waals surface area contributed by atoms with Crippen LogP contribution in [0.3, 0.4) is 0 Å². The molecular formula is C64H114N2O21. The summed E-state index contributed by atoms with van der Waals surface area (Å²) >= 11 is 0. The number of aliphatic carboxylic acids is 1. The van der Waals surface area contributed by atoms with E-state index in [0.717, 1.165) is 45.4 Å². The molecule has 0 spiro atoms. The molecule has 3 rings (SSSR count). The van der Waals surface area contributed by atoms with Crippen molar-refractivity contribution in [2.24, 2.45) is 0 Å². The van der Waals surface area contributed by atoms with Crippen LogP contribution in [-0.4, -0.2) is 215 Å². The van der Waals surface area contributed by atoms with Gasteiger partial charge in [0, 0.05) is 19.8 Å². The molecule has 3 saturated heterocycles. The first-order valence-electron chi connectivity index (χ1n) is 32.9. The molecule has 0 aromatic heterocycles. The van der Waals surface area contributed by atoms with Crippen molar-refractivity contribution in [2.45, 2.75) is 323 Å². The summed E-state index contributed by atoms with van der Waals surface area (Å²) < 4.78 is 34.7. The van der Waals surface area contributed by atoms with Crippen LogP contribution in [0.25, 0.3) is 0 Å². The smallest absolute Gasteiger partial charge is 0.364 e. The number of carbonyl (C=O) groups is 3. The lowest BCUT2D eigenvalue weighted by Crippen LogP contribution is -2.70. The van der Waals surface area contributed by atoms with Gasteiger partial charge in [0.2, 0.25) is 11.8 Å². The van der Waals surface area contributed by atoms with Gasteiger partial charge in [0.25, 0.3) is 5.79 Å². The molecule has 0 bridgehead atoms. The molecule has 23 nitrogen and oxygen atoms in total. The first kappa shape index (κ1) is 78.2. The molecule has 0 aliphatic carbocycles. The Balaban J connectivity index is 1.64. The lowest BCUT2D eigenvalue weighted by atomic mass is 9.88. The Hall–Kier alpha value is -3.05. The zero-order valence-electron chi connectivity index (χ0n) is 52.4. The summed E-state index contributed by atoms with van der Waals surface area (Å²) in [5.41, 5.74) is 0. The minimum absolute atomic E-state index is 0.0932. The van der Waals surface area contributed by atoms with Crippen LogP contribution in [0.2, 0.25) is 0 Å². The van der Waals surface area contributed by atoms with Gasteiger partial charge in [-0.25, -0.2) is 4.79 Å². The number of carboxylic acid groups (broad SMARTS) is 1. The summed E-state index contributed by atoms with van der Waals surface area (Å²) in [4.78, 5) is 38.4. The van der Waals surface area contributed by atoms with Gasteiger partial charge >= 0.3 is 5.97 Å². The van der Waals surface area contributed by atoms with Gasteiger partial charge in [-0.05, 0) is 38.5 Å². The first-order valence-corrected chi connectivity index (χ1v) is 32.9. The number of hydrogen-bond acceptors (Lipinski definition) is 20. The van der Waals surface area contributed by atoms with Crippen LogP contribution < -0.4 is 10.6 Å². The fourth-order valence-corrected chi connectivity index (χ4v) is 11.3. The highest BCUT2D eigenvalue weighted by molar-refractivity contribution is 5.77. The Morgan fingerprint density at radius 3 is 1.62 bits per heavy atom. The van der Waals surface area contributed by atoms with Gasteiger partial charge in [-0.3, -0.25) is 9.59 Å². The summed E-state index contributed by atoms with van der Waals surface area (Å²) in [6.07, 6.45) is 15.1. The predicted molar refractivity (Wildman–Crippen MR) is 324 cm³/mol. The maximum atomic E-state index is 13.4. The van der Waals surface area contributed by atoms with E-state index in [1.54, 1.807) is 6.08 Å². The Morgan fingerprint density at radius 2 is 1.11 bits per heavy atom. The average molecular weight is 1250 g/mol. The highest BCUT2D eigenvalue weighted by Gasteiger charge is 2.60. The van der Waals surface area contributed by atoms with Crippen LogP contribution >= 0.6 is 0 Å². The van der Waals surface area contributed by atoms with Gasteiger partial charge in [-0.15, -0.1) is 0 Å². The largest absolute Gasteiger partial charge is 0.477 e. The SMILES string of the molecule is CCCCCCCC/C=C\C/C=C\CCC(=O)NC(COC1OC(CO)C(OC2OC(CO)C(O)C(OC3(C(=O)O)CC(O)C(NC(C)=O)C(C(O)C(O)CO)O3)C2O)C(O)C1O)C(O)/C=C/CCCCCCCCCCCCCCCCCCCC. The zero-order valence-corrected chi connectivity index (χ0v) is 52.4. The number of unbranched alkanes of at least 4 members (excludes halogenated alkanes) is 24. The monoisotopic (exact) mass is 1250 g/mol. The van der Waals surface area contributed by atoms with E-state index in [-0.39, 0.29) is 12.3 Å². The average Bonchev–Trinajstić information content (AvgIpc) is 1.24. The van der Waals surface area contributed by atoms with Crippen LogP contribution in [0.1, 0.15) is 213 Å². The topological polar surface area (TPSA) is 373 Å². The first-order chi connectivity index (χ1) is 41.9. The third-order valence-electron chi connectivity index (χ3n) is 16.6. The number of aliphatic hydroxyl groups excluding tert-OH is 11. The Morgan fingerprint density at radius 1 is 0.609 bits per heavy atom. The lowest BCUT2D eigenvalue weighted by molar-refractivity contribution is -0.386. The molecular weight excluding hydrogens is 1130 g/mol. The van der Waals surface area contributed by atoms with E-state index in [4.69, 9.17) is 28.4 Å². The van der Waals surface area contributed by atoms with Gasteiger partial charge in [-0.2, -0.15) is 0 Å². The van der Waals surface area contributed by atoms with Crippen molar-refractivity contribution >= 4 is 17.8 Å². The van der Waals surface area contributed by atoms with Crippen molar-refractivity contribution in [2.75, 3.05) is 26.4 Å². The highest BCUT2D eigenvalue weighted by Crippen LogP contribution is 2.38. The van der Waals surface area contributed by atoms with Crippen LogP contribution in [0, 0.1) is 0 Å². The minimum Gasteiger partial charge on any atom is -0.477 e. The molecule has 3 aliphatic rings. The van der Waals surface area contributed by atoms with E-state index in [1.165, 1.54) is 128 Å². The van der Waals surface area contributed by atoms with Gasteiger partial charge in [-0.1, -0.05) is 192 Å². The molecule has 0 saturated carbocycles. The molecule has 3 aliphatic heterocycles. The molecule has 18 unspecified atom stereocenters. The second-order valence-electron chi connectivity index (χ2n) is 24.0. The van der Waals surface area contributed by atoms with Crippen LogP contribution in [0.5, 0.6) is 0 Å². The summed E-state index contributed by atoms with van der Waals surface area (Å²) in [5, 5.41) is 136. The molecule has 3 fully saturated rings. The fourth-order valence-electron chi connectivity index (χ4n) is 11.3. The second kappa shape index (κ2) is 45.3. The van der Waals surface area contributed by atoms with Crippen LogP contribution in [0.15, 0.2) is 36.5 Å². The number of nitrogens with one attached hydrogen (secondary N) is 2. The van der Waals surface area contributed by atoms with Crippen molar-refractivity contribution in [1.82, 2.24) is 10.6 Å². The van der Waals surface area contributed by atoms with E-state index in [2.05, 4.69) is 36.6 Å². The number of allylic oxidation sites excluding steroid dienone is 5. The molecule has 0 aromatic rings. The van der Waals surface area contributed by atoms with Crippen molar-refractivity contribution in [3.63, 3.8) is 0 Å². The second-order valence-corrected chi connectivity index (χ2v) is 24.0. The van der Waals surface area contributed by atoms with E-state index < -0.39 is 155 Å². The molecule has 14 N–H and O–H groups in total. The van der Waals surface area contributed by atoms with Crippen molar-refractivity contribution < 1.29 is 104 Å². The van der Waals surface area contributed by atoms with Gasteiger partial charge in [0.15, 0.2) is 12.6 Å². The maximum Gasteiger partial charge on any atom is 0.364 e. The number of carbonyl (C=O) groups excluding carboxylic acids is 2. The molecule has 87 heavy (non-hydrogen) atoms. The molecule has 506 valence electrons. The summed E-state index contributed by atoms with van der Waals surface area (Å²) in [6.45, 7) is 2.06. The number of ether oxygens (including phenoxy) is 6. The van der Waals surface area contributed by atoms with Gasteiger partial charge in [0.05, 0.1) is 50.7 Å². The Labute approximate surface area is 516 Å². The highest BCUT2D eigenvalue weighted by atomic mass is 16.8. The molecule has 3 heterocycles. The zero-order chi connectivity index (χ0) is 64.0. The van der Waals surface area contributed by atoms with Crippen molar-refractivity contribution in [3.05, 3.63) is 36.5 Å². The molecule has 18 atom stereocenters. The Kier molecular flexibility index (Phi) is 40.7. The van der Waals surface area contributed by atoms with Gasteiger partial charge < -0.3 is 100 Å². The quantitative estimate of drug-likeness (QED) is 0.0291. The number of rotatable bonds is 48. The van der Waals surface area contributed by atoms with Crippen molar-refractivity contribution in [3.8, 4) is 0 Å². The third kappa shape index (κ3) is 28.6. The van der Waals surface area contributed by atoms with E-state index in [1.807, 2.05) is 18.2 Å². The lowest BCUT2D eigenvalue weighted by Gasteiger charge is -2.50. The van der Waals surface area contributed by atoms with Crippen LogP contribution in [-0.2, 0) is 42.8 Å². The van der Waals surface area contributed by atoms with Gasteiger partial charge in [0.1, 0.15) is 67.1 Å². The molecule has 0 aromatic carbocycles. The predicted octanol–water partition coefficient (Wildman–Crippen LogP) is 4.67. The molecule has 2 amide bonds.